The maximum Gasteiger partial charge on any atom is 0.160 e. The van der Waals surface area contributed by atoms with Crippen molar-refractivity contribution in [3.05, 3.63) is 229 Å². The van der Waals surface area contributed by atoms with Gasteiger partial charge in [0.2, 0.25) is 0 Å². The van der Waals surface area contributed by atoms with E-state index in [0.717, 1.165) is 83.6 Å². The van der Waals surface area contributed by atoms with E-state index in [1.54, 1.807) is 0 Å². The maximum atomic E-state index is 9.86. The van der Waals surface area contributed by atoms with E-state index >= 15 is 0 Å². The summed E-state index contributed by atoms with van der Waals surface area (Å²) < 4.78 is 0. The molecule has 2 N–H and O–H groups in total. The standard InChI is InChI=1S/C54H38N6/c55-35-43-22-10-11-25-44(43)41-23-14-24-42(34-41)54-59-52(39-20-8-3-9-21-39)58-53(60-54)40-32-30-37(31-33-40)49-45(36-16-4-1-5-17-36)27-15-28-47(49)50-46-26-12-13-29-48(46)56-51(57-50)38-18-6-2-7-19-38/h1-34,53-54,60H,(H,58,59). The lowest BCUT2D eigenvalue weighted by molar-refractivity contribution is 0.409. The molecule has 284 valence electrons. The van der Waals surface area contributed by atoms with Crippen LogP contribution in [0, 0.1) is 11.3 Å². The van der Waals surface area contributed by atoms with E-state index in [4.69, 9.17) is 15.0 Å². The van der Waals surface area contributed by atoms with Gasteiger partial charge in [-0.25, -0.2) is 15.0 Å². The van der Waals surface area contributed by atoms with Crippen LogP contribution in [0.15, 0.2) is 211 Å². The summed E-state index contributed by atoms with van der Waals surface area (Å²) in [6.07, 6.45) is -0.606. The molecule has 1 aromatic heterocycles. The lowest BCUT2D eigenvalue weighted by Crippen LogP contribution is -2.44. The number of amidine groups is 1. The summed E-state index contributed by atoms with van der Waals surface area (Å²) in [6, 6.07) is 73.0. The zero-order valence-electron chi connectivity index (χ0n) is 32.6. The molecular weight excluding hydrogens is 733 g/mol. The molecule has 0 bridgehead atoms. The molecule has 2 heterocycles. The molecule has 8 aromatic carbocycles. The van der Waals surface area contributed by atoms with Crippen molar-refractivity contribution in [2.24, 2.45) is 4.99 Å². The zero-order valence-corrected chi connectivity index (χ0v) is 32.6. The first kappa shape index (κ1) is 36.4. The fourth-order valence-corrected chi connectivity index (χ4v) is 8.11. The highest BCUT2D eigenvalue weighted by atomic mass is 15.3. The van der Waals surface area contributed by atoms with Crippen molar-refractivity contribution in [1.29, 1.82) is 5.26 Å². The predicted molar refractivity (Wildman–Crippen MR) is 243 cm³/mol. The highest BCUT2D eigenvalue weighted by Crippen LogP contribution is 2.42. The van der Waals surface area contributed by atoms with E-state index in [0.29, 0.717) is 11.4 Å². The van der Waals surface area contributed by atoms with Gasteiger partial charge in [-0.05, 0) is 62.7 Å². The summed E-state index contributed by atoms with van der Waals surface area (Å²) >= 11 is 0. The average molecular weight is 771 g/mol. The first-order chi connectivity index (χ1) is 29.7. The first-order valence-electron chi connectivity index (χ1n) is 20.1. The van der Waals surface area contributed by atoms with E-state index in [-0.39, 0.29) is 12.3 Å². The first-order valence-corrected chi connectivity index (χ1v) is 20.1. The topological polar surface area (TPSA) is 86.0 Å². The van der Waals surface area contributed by atoms with Crippen molar-refractivity contribution in [3.63, 3.8) is 0 Å². The second-order valence-corrected chi connectivity index (χ2v) is 14.8. The van der Waals surface area contributed by atoms with Gasteiger partial charge in [0.05, 0.1) is 22.8 Å². The van der Waals surface area contributed by atoms with Crippen molar-refractivity contribution in [2.75, 3.05) is 0 Å². The largest absolute Gasteiger partial charge is 0.350 e. The van der Waals surface area contributed by atoms with E-state index in [2.05, 4.69) is 144 Å². The van der Waals surface area contributed by atoms with Crippen LogP contribution in [0.3, 0.4) is 0 Å². The number of hydrogen-bond donors (Lipinski definition) is 2. The molecule has 0 fully saturated rings. The Morgan fingerprint density at radius 3 is 1.85 bits per heavy atom. The minimum Gasteiger partial charge on any atom is -0.350 e. The number of fused-ring (bicyclic) bond motifs is 1. The molecule has 10 rings (SSSR count). The van der Waals surface area contributed by atoms with Crippen LogP contribution in [-0.2, 0) is 0 Å². The third-order valence-corrected chi connectivity index (χ3v) is 11.0. The van der Waals surface area contributed by atoms with Crippen LogP contribution in [0.2, 0.25) is 0 Å². The average Bonchev–Trinajstić information content (AvgIpc) is 3.34. The quantitative estimate of drug-likeness (QED) is 0.161. The number of benzene rings is 8. The number of para-hydroxylation sites is 1. The molecule has 0 aliphatic carbocycles. The molecule has 60 heavy (non-hydrogen) atoms. The second-order valence-electron chi connectivity index (χ2n) is 14.8. The van der Waals surface area contributed by atoms with Crippen molar-refractivity contribution in [3.8, 4) is 62.1 Å². The Balaban J connectivity index is 1.07. The van der Waals surface area contributed by atoms with Gasteiger partial charge < -0.3 is 5.32 Å². The second kappa shape index (κ2) is 16.1. The molecule has 6 nitrogen and oxygen atoms in total. The summed E-state index contributed by atoms with van der Waals surface area (Å²) in [4.78, 5) is 15.5. The molecule has 0 radical (unpaired) electrons. The number of nitrogens with one attached hydrogen (secondary N) is 2. The molecule has 1 aliphatic rings. The zero-order chi connectivity index (χ0) is 40.3. The van der Waals surface area contributed by atoms with Crippen LogP contribution in [-0.4, -0.2) is 15.8 Å². The Bertz CT molecular complexity index is 3050. The highest BCUT2D eigenvalue weighted by molar-refractivity contribution is 6.02. The van der Waals surface area contributed by atoms with E-state index < -0.39 is 0 Å². The van der Waals surface area contributed by atoms with Gasteiger partial charge in [0.1, 0.15) is 18.2 Å². The van der Waals surface area contributed by atoms with Gasteiger partial charge in [-0.3, -0.25) is 5.32 Å². The Kier molecular flexibility index (Phi) is 9.76. The molecule has 0 spiro atoms. The van der Waals surface area contributed by atoms with E-state index in [1.807, 2.05) is 78.9 Å². The lowest BCUT2D eigenvalue weighted by atomic mass is 9.88. The van der Waals surface area contributed by atoms with Gasteiger partial charge in [-0.15, -0.1) is 0 Å². The van der Waals surface area contributed by atoms with Gasteiger partial charge in [-0.2, -0.15) is 5.26 Å². The van der Waals surface area contributed by atoms with Crippen LogP contribution in [0.1, 0.15) is 34.6 Å². The van der Waals surface area contributed by atoms with Gasteiger partial charge in [-0.1, -0.05) is 188 Å². The number of nitriles is 1. The van der Waals surface area contributed by atoms with Gasteiger partial charge in [0.15, 0.2) is 5.82 Å². The predicted octanol–water partition coefficient (Wildman–Crippen LogP) is 12.2. The highest BCUT2D eigenvalue weighted by Gasteiger charge is 2.26. The van der Waals surface area contributed by atoms with Crippen LogP contribution >= 0.6 is 0 Å². The fraction of sp³-hybridized carbons (Fsp3) is 0.0370. The molecule has 9 aromatic rings. The van der Waals surface area contributed by atoms with Crippen LogP contribution in [0.5, 0.6) is 0 Å². The smallest absolute Gasteiger partial charge is 0.160 e. The number of rotatable bonds is 8. The van der Waals surface area contributed by atoms with Crippen LogP contribution < -0.4 is 10.6 Å². The molecule has 0 saturated heterocycles. The van der Waals surface area contributed by atoms with Crippen molar-refractivity contribution < 1.29 is 0 Å². The molecule has 0 amide bonds. The number of hydrogen-bond acceptors (Lipinski definition) is 6. The number of aromatic nitrogens is 2. The molecular formula is C54H38N6. The molecule has 2 atom stereocenters. The van der Waals surface area contributed by atoms with Crippen molar-refractivity contribution in [1.82, 2.24) is 20.6 Å². The Hall–Kier alpha value is -7.98. The Labute approximate surface area is 349 Å². The monoisotopic (exact) mass is 770 g/mol. The van der Waals surface area contributed by atoms with Gasteiger partial charge in [0.25, 0.3) is 0 Å². The van der Waals surface area contributed by atoms with Gasteiger partial charge in [0, 0.05) is 22.1 Å². The minimum absolute atomic E-state index is 0.255. The third-order valence-electron chi connectivity index (χ3n) is 11.0. The number of aliphatic imine (C=N–C) groups is 1. The van der Waals surface area contributed by atoms with Crippen molar-refractivity contribution in [2.45, 2.75) is 12.3 Å². The maximum absolute atomic E-state index is 9.86. The SMILES string of the molecule is N#Cc1ccccc1-c1cccc(C2N=C(c3ccccc3)NC(c3ccc(-c4c(-c5ccccc5)cccc4-c4nc(-c5ccccc5)nc5ccccc45)cc3)N2)c1. The Morgan fingerprint density at radius 1 is 0.467 bits per heavy atom. The molecule has 0 saturated carbocycles. The van der Waals surface area contributed by atoms with Crippen molar-refractivity contribution >= 4 is 16.7 Å². The summed E-state index contributed by atoms with van der Waals surface area (Å²) in [7, 11) is 0. The van der Waals surface area contributed by atoms with E-state index in [9.17, 15) is 5.26 Å². The minimum atomic E-state index is -0.351. The summed E-state index contributed by atoms with van der Waals surface area (Å²) in [5.41, 5.74) is 13.8. The van der Waals surface area contributed by atoms with Crippen LogP contribution in [0.25, 0.3) is 66.9 Å². The molecule has 6 heteroatoms. The normalized spacial score (nSPS) is 14.8. The van der Waals surface area contributed by atoms with Gasteiger partial charge >= 0.3 is 0 Å². The van der Waals surface area contributed by atoms with E-state index in [1.165, 1.54) is 0 Å². The van der Waals surface area contributed by atoms with Crippen LogP contribution in [0.4, 0.5) is 0 Å². The third kappa shape index (κ3) is 7.11. The molecule has 2 unspecified atom stereocenters. The fourth-order valence-electron chi connectivity index (χ4n) is 8.11. The summed E-state index contributed by atoms with van der Waals surface area (Å²) in [5.74, 6) is 1.49. The Morgan fingerprint density at radius 2 is 1.08 bits per heavy atom. The lowest BCUT2D eigenvalue weighted by Gasteiger charge is -2.32. The summed E-state index contributed by atoms with van der Waals surface area (Å²) in [6.45, 7) is 0. The number of nitrogens with zero attached hydrogens (tertiary/aromatic N) is 4. The molecule has 1 aliphatic heterocycles. The summed E-state index contributed by atoms with van der Waals surface area (Å²) in [5, 5.41) is 18.3.